The first-order valence-electron chi connectivity index (χ1n) is 8.85. The predicted octanol–water partition coefficient (Wildman–Crippen LogP) is 3.86. The molecule has 1 fully saturated rings. The van der Waals surface area contributed by atoms with Crippen molar-refractivity contribution in [3.8, 4) is 0 Å². The molecule has 0 bridgehead atoms. The SMILES string of the molecule is CCCCC1CCC(C(=O)NCC(N)CC(C)(C)C)CC1. The number of nitrogens with two attached hydrogens (primary N) is 1. The summed E-state index contributed by atoms with van der Waals surface area (Å²) in [6, 6.07) is 0.0647. The summed E-state index contributed by atoms with van der Waals surface area (Å²) >= 11 is 0. The van der Waals surface area contributed by atoms with Crippen LogP contribution in [-0.4, -0.2) is 18.5 Å². The molecule has 1 amide bonds. The van der Waals surface area contributed by atoms with Gasteiger partial charge in [0.2, 0.25) is 5.91 Å². The second-order valence-corrected chi connectivity index (χ2v) is 8.13. The van der Waals surface area contributed by atoms with Crippen LogP contribution in [0.3, 0.4) is 0 Å². The molecule has 0 aliphatic heterocycles. The molecule has 1 aliphatic rings. The van der Waals surface area contributed by atoms with E-state index in [1.54, 1.807) is 0 Å². The number of hydrogen-bond acceptors (Lipinski definition) is 2. The van der Waals surface area contributed by atoms with Gasteiger partial charge < -0.3 is 11.1 Å². The maximum atomic E-state index is 12.2. The zero-order valence-electron chi connectivity index (χ0n) is 14.6. The van der Waals surface area contributed by atoms with Crippen molar-refractivity contribution < 1.29 is 4.79 Å². The Balaban J connectivity index is 2.22. The van der Waals surface area contributed by atoms with Gasteiger partial charge in [-0.3, -0.25) is 4.79 Å². The van der Waals surface area contributed by atoms with Gasteiger partial charge in [0, 0.05) is 18.5 Å². The van der Waals surface area contributed by atoms with Crippen LogP contribution in [0, 0.1) is 17.3 Å². The van der Waals surface area contributed by atoms with Gasteiger partial charge in [0.05, 0.1) is 0 Å². The topological polar surface area (TPSA) is 55.1 Å². The molecule has 1 rings (SSSR count). The first-order chi connectivity index (χ1) is 9.81. The van der Waals surface area contributed by atoms with Crippen molar-refractivity contribution in [1.29, 1.82) is 0 Å². The molecule has 0 aromatic carbocycles. The van der Waals surface area contributed by atoms with E-state index >= 15 is 0 Å². The zero-order valence-corrected chi connectivity index (χ0v) is 14.6. The highest BCUT2D eigenvalue weighted by atomic mass is 16.1. The molecule has 21 heavy (non-hydrogen) atoms. The van der Waals surface area contributed by atoms with Crippen molar-refractivity contribution in [3.63, 3.8) is 0 Å². The first kappa shape index (κ1) is 18.5. The number of unbranched alkanes of at least 4 members (excludes halogenated alkanes) is 1. The molecular weight excluding hydrogens is 260 g/mol. The molecule has 3 heteroatoms. The van der Waals surface area contributed by atoms with E-state index < -0.39 is 0 Å². The fourth-order valence-electron chi connectivity index (χ4n) is 3.44. The molecule has 0 aromatic heterocycles. The standard InChI is InChI=1S/C18H36N2O/c1-5-6-7-14-8-10-15(11-9-14)17(21)20-13-16(19)12-18(2,3)4/h14-16H,5-13,19H2,1-4H3,(H,20,21). The normalized spacial score (nSPS) is 24.6. The highest BCUT2D eigenvalue weighted by Crippen LogP contribution is 2.32. The van der Waals surface area contributed by atoms with Gasteiger partial charge in [-0.05, 0) is 43.4 Å². The summed E-state index contributed by atoms with van der Waals surface area (Å²) in [6.07, 6.45) is 9.50. The van der Waals surface area contributed by atoms with Crippen molar-refractivity contribution in [2.24, 2.45) is 23.0 Å². The largest absolute Gasteiger partial charge is 0.354 e. The Bertz CT molecular complexity index is 301. The van der Waals surface area contributed by atoms with E-state index in [-0.39, 0.29) is 23.3 Å². The molecular formula is C18H36N2O. The summed E-state index contributed by atoms with van der Waals surface area (Å²) in [7, 11) is 0. The summed E-state index contributed by atoms with van der Waals surface area (Å²) < 4.78 is 0. The number of hydrogen-bond donors (Lipinski definition) is 2. The van der Waals surface area contributed by atoms with Crippen LogP contribution in [0.1, 0.15) is 79.1 Å². The smallest absolute Gasteiger partial charge is 0.223 e. The van der Waals surface area contributed by atoms with Crippen LogP contribution in [0.4, 0.5) is 0 Å². The van der Waals surface area contributed by atoms with Gasteiger partial charge in [0.15, 0.2) is 0 Å². The predicted molar refractivity (Wildman–Crippen MR) is 90.0 cm³/mol. The first-order valence-corrected chi connectivity index (χ1v) is 8.85. The van der Waals surface area contributed by atoms with Crippen molar-refractivity contribution in [2.45, 2.75) is 85.1 Å². The minimum Gasteiger partial charge on any atom is -0.354 e. The molecule has 0 spiro atoms. The van der Waals surface area contributed by atoms with Crippen LogP contribution in [0.25, 0.3) is 0 Å². The number of carbonyl (C=O) groups excluding carboxylic acids is 1. The second kappa shape index (κ2) is 8.77. The lowest BCUT2D eigenvalue weighted by Crippen LogP contribution is -2.42. The molecule has 1 aliphatic carbocycles. The molecule has 124 valence electrons. The highest BCUT2D eigenvalue weighted by Gasteiger charge is 2.26. The summed E-state index contributed by atoms with van der Waals surface area (Å²) in [5.74, 6) is 1.31. The summed E-state index contributed by atoms with van der Waals surface area (Å²) in [5, 5.41) is 3.07. The van der Waals surface area contributed by atoms with Crippen LogP contribution in [0.2, 0.25) is 0 Å². The molecule has 0 aromatic rings. The van der Waals surface area contributed by atoms with Crippen LogP contribution in [0.5, 0.6) is 0 Å². The fraction of sp³-hybridized carbons (Fsp3) is 0.944. The maximum Gasteiger partial charge on any atom is 0.223 e. The van der Waals surface area contributed by atoms with Crippen LogP contribution < -0.4 is 11.1 Å². The van der Waals surface area contributed by atoms with Crippen molar-refractivity contribution in [1.82, 2.24) is 5.32 Å². The Morgan fingerprint density at radius 1 is 1.24 bits per heavy atom. The van der Waals surface area contributed by atoms with Crippen LogP contribution in [-0.2, 0) is 4.79 Å². The van der Waals surface area contributed by atoms with E-state index in [9.17, 15) is 4.79 Å². The molecule has 3 N–H and O–H groups in total. The van der Waals surface area contributed by atoms with Crippen molar-refractivity contribution >= 4 is 5.91 Å². The van der Waals surface area contributed by atoms with E-state index in [0.29, 0.717) is 6.54 Å². The Labute approximate surface area is 131 Å². The summed E-state index contributed by atoms with van der Waals surface area (Å²) in [4.78, 5) is 12.2. The van der Waals surface area contributed by atoms with Crippen molar-refractivity contribution in [3.05, 3.63) is 0 Å². The number of rotatable bonds is 7. The average Bonchev–Trinajstić information content (AvgIpc) is 2.41. The van der Waals surface area contributed by atoms with Gasteiger partial charge >= 0.3 is 0 Å². The third kappa shape index (κ3) is 7.85. The van der Waals surface area contributed by atoms with Gasteiger partial charge in [-0.25, -0.2) is 0 Å². The van der Waals surface area contributed by atoms with E-state index in [4.69, 9.17) is 5.73 Å². The van der Waals surface area contributed by atoms with Crippen LogP contribution >= 0.6 is 0 Å². The van der Waals surface area contributed by atoms with Gasteiger partial charge in [-0.15, -0.1) is 0 Å². The number of amides is 1. The monoisotopic (exact) mass is 296 g/mol. The Morgan fingerprint density at radius 3 is 2.38 bits per heavy atom. The lowest BCUT2D eigenvalue weighted by Gasteiger charge is -2.28. The average molecular weight is 296 g/mol. The lowest BCUT2D eigenvalue weighted by molar-refractivity contribution is -0.126. The van der Waals surface area contributed by atoms with Crippen molar-refractivity contribution in [2.75, 3.05) is 6.54 Å². The fourth-order valence-corrected chi connectivity index (χ4v) is 3.44. The Hall–Kier alpha value is -0.570. The highest BCUT2D eigenvalue weighted by molar-refractivity contribution is 5.78. The summed E-state index contributed by atoms with van der Waals surface area (Å²) in [5.41, 5.74) is 6.32. The molecule has 0 saturated heterocycles. The minimum atomic E-state index is 0.0647. The maximum absolute atomic E-state index is 12.2. The minimum absolute atomic E-state index is 0.0647. The van der Waals surface area contributed by atoms with E-state index in [1.165, 1.54) is 32.1 Å². The molecule has 0 heterocycles. The van der Waals surface area contributed by atoms with E-state index in [2.05, 4.69) is 33.0 Å². The third-order valence-corrected chi connectivity index (χ3v) is 4.60. The molecule has 0 radical (unpaired) electrons. The number of carbonyl (C=O) groups is 1. The van der Waals surface area contributed by atoms with E-state index in [0.717, 1.165) is 25.2 Å². The van der Waals surface area contributed by atoms with Gasteiger partial charge in [0.1, 0.15) is 0 Å². The van der Waals surface area contributed by atoms with E-state index in [1.807, 2.05) is 0 Å². The van der Waals surface area contributed by atoms with Gasteiger partial charge in [0.25, 0.3) is 0 Å². The van der Waals surface area contributed by atoms with Crippen LogP contribution in [0.15, 0.2) is 0 Å². The quantitative estimate of drug-likeness (QED) is 0.749. The molecule has 3 nitrogen and oxygen atoms in total. The molecule has 1 unspecified atom stereocenters. The Kier molecular flexibility index (Phi) is 7.72. The van der Waals surface area contributed by atoms with Gasteiger partial charge in [-0.2, -0.15) is 0 Å². The third-order valence-electron chi connectivity index (χ3n) is 4.60. The number of nitrogens with one attached hydrogen (secondary N) is 1. The summed E-state index contributed by atoms with van der Waals surface area (Å²) in [6.45, 7) is 9.43. The molecule has 1 saturated carbocycles. The Morgan fingerprint density at radius 2 is 1.86 bits per heavy atom. The lowest BCUT2D eigenvalue weighted by atomic mass is 9.79. The zero-order chi connectivity index (χ0) is 15.9. The van der Waals surface area contributed by atoms with Gasteiger partial charge in [-0.1, -0.05) is 47.0 Å². The second-order valence-electron chi connectivity index (χ2n) is 8.13. The molecule has 1 atom stereocenters.